The van der Waals surface area contributed by atoms with Crippen molar-refractivity contribution in [2.24, 2.45) is 0 Å². The first kappa shape index (κ1) is 20.2. The summed E-state index contributed by atoms with van der Waals surface area (Å²) in [6.07, 6.45) is -0.0625. The molecular formula is C19H30N2O3. The van der Waals surface area contributed by atoms with Gasteiger partial charge < -0.3 is 15.3 Å². The van der Waals surface area contributed by atoms with Crippen LogP contribution in [0.25, 0.3) is 0 Å². The molecule has 1 atom stereocenters. The number of anilines is 1. The van der Waals surface area contributed by atoms with Crippen LogP contribution in [0, 0.1) is 0 Å². The van der Waals surface area contributed by atoms with E-state index in [0.717, 1.165) is 16.8 Å². The standard InChI is InChI=1S/C19H30N2O3/c1-12(2)15-8-7-9-16(13(3)4)17(15)20-18(23)19(24)21(6)11-10-14(5)22/h7-9,12-14,22H,10-11H2,1-6H3,(H,20,23). The van der Waals surface area contributed by atoms with Gasteiger partial charge in [0.2, 0.25) is 0 Å². The fourth-order valence-electron chi connectivity index (χ4n) is 2.52. The first-order chi connectivity index (χ1) is 11.1. The van der Waals surface area contributed by atoms with Gasteiger partial charge in [0.05, 0.1) is 6.10 Å². The molecule has 1 rings (SSSR count). The Hall–Kier alpha value is -1.88. The zero-order valence-corrected chi connectivity index (χ0v) is 15.6. The zero-order valence-electron chi connectivity index (χ0n) is 15.6. The quantitative estimate of drug-likeness (QED) is 0.785. The van der Waals surface area contributed by atoms with E-state index in [0.29, 0.717) is 13.0 Å². The lowest BCUT2D eigenvalue weighted by molar-refractivity contribution is -0.142. The number of amides is 2. The first-order valence-corrected chi connectivity index (χ1v) is 8.52. The largest absolute Gasteiger partial charge is 0.393 e. The number of carbonyl (C=O) groups excluding carboxylic acids is 2. The van der Waals surface area contributed by atoms with Crippen molar-refractivity contribution in [1.29, 1.82) is 0 Å². The van der Waals surface area contributed by atoms with Crippen molar-refractivity contribution in [2.45, 2.75) is 59.0 Å². The molecule has 134 valence electrons. The molecule has 24 heavy (non-hydrogen) atoms. The predicted octanol–water partition coefficient (Wildman–Crippen LogP) is 3.10. The molecule has 0 aliphatic carbocycles. The van der Waals surface area contributed by atoms with Gasteiger partial charge in [0, 0.05) is 19.3 Å². The third-order valence-corrected chi connectivity index (χ3v) is 4.03. The topological polar surface area (TPSA) is 69.6 Å². The van der Waals surface area contributed by atoms with Crippen LogP contribution in [0.1, 0.15) is 64.0 Å². The van der Waals surface area contributed by atoms with E-state index in [1.807, 2.05) is 18.2 Å². The number of aliphatic hydroxyl groups excluding tert-OH is 1. The van der Waals surface area contributed by atoms with Crippen molar-refractivity contribution >= 4 is 17.5 Å². The third-order valence-electron chi connectivity index (χ3n) is 4.03. The van der Waals surface area contributed by atoms with Crippen molar-refractivity contribution in [2.75, 3.05) is 18.9 Å². The predicted molar refractivity (Wildman–Crippen MR) is 97.2 cm³/mol. The molecule has 0 spiro atoms. The smallest absolute Gasteiger partial charge is 0.313 e. The number of aliphatic hydroxyl groups is 1. The van der Waals surface area contributed by atoms with Gasteiger partial charge in [-0.25, -0.2) is 0 Å². The van der Waals surface area contributed by atoms with E-state index in [2.05, 4.69) is 33.0 Å². The Morgan fingerprint density at radius 3 is 2.00 bits per heavy atom. The average Bonchev–Trinajstić information content (AvgIpc) is 2.51. The molecule has 1 aromatic rings. The molecule has 0 fully saturated rings. The van der Waals surface area contributed by atoms with Gasteiger partial charge in [-0.1, -0.05) is 45.9 Å². The summed E-state index contributed by atoms with van der Waals surface area (Å²) in [5, 5.41) is 12.1. The Morgan fingerprint density at radius 2 is 1.58 bits per heavy atom. The highest BCUT2D eigenvalue weighted by Crippen LogP contribution is 2.32. The third kappa shape index (κ3) is 5.34. The van der Waals surface area contributed by atoms with Crippen molar-refractivity contribution < 1.29 is 14.7 Å². The summed E-state index contributed by atoms with van der Waals surface area (Å²) in [5.41, 5.74) is 2.78. The van der Waals surface area contributed by atoms with Crippen LogP contribution < -0.4 is 5.32 Å². The van der Waals surface area contributed by atoms with Crippen molar-refractivity contribution in [3.63, 3.8) is 0 Å². The van der Waals surface area contributed by atoms with E-state index < -0.39 is 17.9 Å². The van der Waals surface area contributed by atoms with Gasteiger partial charge >= 0.3 is 11.8 Å². The summed E-state index contributed by atoms with van der Waals surface area (Å²) in [6, 6.07) is 5.94. The van der Waals surface area contributed by atoms with Gasteiger partial charge in [0.15, 0.2) is 0 Å². The Kier molecular flexibility index (Phi) is 7.42. The van der Waals surface area contributed by atoms with Crippen LogP contribution in [0.3, 0.4) is 0 Å². The van der Waals surface area contributed by atoms with Crippen LogP contribution in [0.15, 0.2) is 18.2 Å². The minimum atomic E-state index is -0.641. The number of rotatable bonds is 6. The molecule has 0 saturated carbocycles. The summed E-state index contributed by atoms with van der Waals surface area (Å²) in [5.74, 6) is -0.758. The van der Waals surface area contributed by atoms with E-state index in [9.17, 15) is 14.7 Å². The molecule has 0 aromatic heterocycles. The fraction of sp³-hybridized carbons (Fsp3) is 0.579. The Balaban J connectivity index is 2.99. The Morgan fingerprint density at radius 1 is 1.08 bits per heavy atom. The number of nitrogens with one attached hydrogen (secondary N) is 1. The monoisotopic (exact) mass is 334 g/mol. The van der Waals surface area contributed by atoms with Crippen molar-refractivity contribution in [1.82, 2.24) is 4.90 Å². The highest BCUT2D eigenvalue weighted by molar-refractivity contribution is 6.39. The van der Waals surface area contributed by atoms with Crippen LogP contribution in [0.2, 0.25) is 0 Å². The number of benzene rings is 1. The number of hydrogen-bond donors (Lipinski definition) is 2. The van der Waals surface area contributed by atoms with Gasteiger partial charge in [0.25, 0.3) is 0 Å². The second-order valence-electron chi connectivity index (χ2n) is 6.94. The minimum Gasteiger partial charge on any atom is -0.393 e. The highest BCUT2D eigenvalue weighted by atomic mass is 16.3. The van der Waals surface area contributed by atoms with Gasteiger partial charge in [-0.15, -0.1) is 0 Å². The molecule has 0 heterocycles. The van der Waals surface area contributed by atoms with Crippen LogP contribution in [0.5, 0.6) is 0 Å². The summed E-state index contributed by atoms with van der Waals surface area (Å²) in [4.78, 5) is 26.0. The summed E-state index contributed by atoms with van der Waals surface area (Å²) in [7, 11) is 1.57. The number of likely N-dealkylation sites (N-methyl/N-ethyl adjacent to an activating group) is 1. The number of carbonyl (C=O) groups is 2. The molecule has 1 aromatic carbocycles. The van der Waals surface area contributed by atoms with E-state index in [1.165, 1.54) is 4.90 Å². The highest BCUT2D eigenvalue weighted by Gasteiger charge is 2.22. The lowest BCUT2D eigenvalue weighted by Crippen LogP contribution is -2.38. The zero-order chi connectivity index (χ0) is 18.4. The van der Waals surface area contributed by atoms with Crippen LogP contribution in [-0.4, -0.2) is 41.5 Å². The molecule has 0 aliphatic heterocycles. The fourth-order valence-corrected chi connectivity index (χ4v) is 2.52. The summed E-state index contributed by atoms with van der Waals surface area (Å²) in [6.45, 7) is 10.2. The number of hydrogen-bond acceptors (Lipinski definition) is 3. The maximum Gasteiger partial charge on any atom is 0.313 e. The van der Waals surface area contributed by atoms with Gasteiger partial charge in [-0.2, -0.15) is 0 Å². The maximum absolute atomic E-state index is 12.4. The molecular weight excluding hydrogens is 304 g/mol. The van der Waals surface area contributed by atoms with E-state index in [-0.39, 0.29) is 11.8 Å². The lowest BCUT2D eigenvalue weighted by atomic mass is 9.92. The van der Waals surface area contributed by atoms with Crippen molar-refractivity contribution in [3.05, 3.63) is 29.3 Å². The molecule has 0 aliphatic rings. The average molecular weight is 334 g/mol. The number of nitrogens with zero attached hydrogens (tertiary/aromatic N) is 1. The lowest BCUT2D eigenvalue weighted by Gasteiger charge is -2.22. The second kappa shape index (κ2) is 8.83. The first-order valence-electron chi connectivity index (χ1n) is 8.52. The van der Waals surface area contributed by atoms with Gasteiger partial charge in [0.1, 0.15) is 0 Å². The van der Waals surface area contributed by atoms with Crippen LogP contribution >= 0.6 is 0 Å². The SMILES string of the molecule is CC(O)CCN(C)C(=O)C(=O)Nc1c(C(C)C)cccc1C(C)C. The number of para-hydroxylation sites is 1. The second-order valence-corrected chi connectivity index (χ2v) is 6.94. The molecule has 0 saturated heterocycles. The minimum absolute atomic E-state index is 0.238. The summed E-state index contributed by atoms with van der Waals surface area (Å²) >= 11 is 0. The molecule has 5 heteroatoms. The molecule has 0 bridgehead atoms. The normalized spacial score (nSPS) is 12.4. The van der Waals surface area contributed by atoms with Crippen LogP contribution in [-0.2, 0) is 9.59 Å². The van der Waals surface area contributed by atoms with Gasteiger partial charge in [-0.3, -0.25) is 9.59 Å². The molecule has 1 unspecified atom stereocenters. The molecule has 5 nitrogen and oxygen atoms in total. The Bertz CT molecular complexity index is 554. The van der Waals surface area contributed by atoms with E-state index >= 15 is 0 Å². The molecule has 2 N–H and O–H groups in total. The van der Waals surface area contributed by atoms with Crippen molar-refractivity contribution in [3.8, 4) is 0 Å². The molecule has 0 radical (unpaired) electrons. The van der Waals surface area contributed by atoms with E-state index in [1.54, 1.807) is 14.0 Å². The van der Waals surface area contributed by atoms with Crippen LogP contribution in [0.4, 0.5) is 5.69 Å². The Labute approximate surface area is 145 Å². The van der Waals surface area contributed by atoms with E-state index in [4.69, 9.17) is 0 Å². The maximum atomic E-state index is 12.4. The molecule has 2 amide bonds. The summed E-state index contributed by atoms with van der Waals surface area (Å²) < 4.78 is 0. The van der Waals surface area contributed by atoms with Gasteiger partial charge in [-0.05, 0) is 36.3 Å².